The van der Waals surface area contributed by atoms with Crippen molar-refractivity contribution < 1.29 is 18.9 Å². The number of hydrogen-bond acceptors (Lipinski definition) is 6. The van der Waals surface area contributed by atoms with Gasteiger partial charge in [0.1, 0.15) is 17.3 Å². The maximum Gasteiger partial charge on any atom is 0.161 e. The molecule has 7 nitrogen and oxygen atoms in total. The summed E-state index contributed by atoms with van der Waals surface area (Å²) in [4.78, 5) is 0. The molecule has 1 aromatic heterocycles. The number of aromatic nitrogens is 2. The molecule has 1 atom stereocenters. The van der Waals surface area contributed by atoms with Crippen LogP contribution in [0.15, 0.2) is 30.3 Å². The van der Waals surface area contributed by atoms with E-state index in [0.717, 1.165) is 45.4 Å². The first kappa shape index (κ1) is 18.0. The average Bonchev–Trinajstić information content (AvgIpc) is 3.26. The number of rotatable bonds is 6. The van der Waals surface area contributed by atoms with Crippen LogP contribution in [0.5, 0.6) is 23.0 Å². The van der Waals surface area contributed by atoms with E-state index in [0.29, 0.717) is 11.5 Å². The minimum Gasteiger partial charge on any atom is -0.497 e. The van der Waals surface area contributed by atoms with Crippen molar-refractivity contribution in [1.82, 2.24) is 10.2 Å². The number of benzene rings is 2. The first-order valence-corrected chi connectivity index (χ1v) is 8.94. The second-order valence-electron chi connectivity index (χ2n) is 6.57. The van der Waals surface area contributed by atoms with Crippen LogP contribution < -0.4 is 24.3 Å². The lowest BCUT2D eigenvalue weighted by molar-refractivity contribution is 0.354. The van der Waals surface area contributed by atoms with E-state index in [2.05, 4.69) is 22.4 Å². The summed E-state index contributed by atoms with van der Waals surface area (Å²) in [6.45, 7) is 2.15. The number of ether oxygens (including phenoxy) is 4. The number of nitrogens with one attached hydrogen (secondary N) is 2. The molecule has 4 rings (SSSR count). The number of nitrogens with zero attached hydrogens (tertiary/aromatic N) is 1. The van der Waals surface area contributed by atoms with Crippen molar-refractivity contribution in [3.05, 3.63) is 41.5 Å². The van der Waals surface area contributed by atoms with E-state index < -0.39 is 0 Å². The van der Waals surface area contributed by atoms with Gasteiger partial charge in [0, 0.05) is 23.1 Å². The molecule has 0 spiro atoms. The quantitative estimate of drug-likeness (QED) is 0.662. The average molecular weight is 381 g/mol. The molecule has 0 amide bonds. The van der Waals surface area contributed by atoms with Gasteiger partial charge in [-0.1, -0.05) is 6.92 Å². The van der Waals surface area contributed by atoms with Gasteiger partial charge in [-0.3, -0.25) is 5.10 Å². The van der Waals surface area contributed by atoms with E-state index in [1.165, 1.54) is 0 Å². The fraction of sp³-hybridized carbons (Fsp3) is 0.286. The molecule has 0 saturated carbocycles. The third-order valence-corrected chi connectivity index (χ3v) is 5.18. The van der Waals surface area contributed by atoms with Gasteiger partial charge in [0.15, 0.2) is 11.5 Å². The van der Waals surface area contributed by atoms with Crippen molar-refractivity contribution >= 4 is 11.5 Å². The second kappa shape index (κ2) is 6.99. The van der Waals surface area contributed by atoms with Crippen LogP contribution in [0.4, 0.5) is 11.5 Å². The summed E-state index contributed by atoms with van der Waals surface area (Å²) in [5.74, 6) is 3.83. The van der Waals surface area contributed by atoms with Gasteiger partial charge < -0.3 is 24.3 Å². The predicted molar refractivity (Wildman–Crippen MR) is 107 cm³/mol. The molecular weight excluding hydrogens is 358 g/mol. The summed E-state index contributed by atoms with van der Waals surface area (Å²) in [5, 5.41) is 11.1. The maximum absolute atomic E-state index is 5.48. The van der Waals surface area contributed by atoms with Gasteiger partial charge in [-0.2, -0.15) is 5.10 Å². The van der Waals surface area contributed by atoms with E-state index >= 15 is 0 Å². The fourth-order valence-corrected chi connectivity index (χ4v) is 3.73. The highest BCUT2D eigenvalue weighted by Crippen LogP contribution is 2.50. The Balaban J connectivity index is 1.76. The number of anilines is 2. The van der Waals surface area contributed by atoms with E-state index in [1.54, 1.807) is 28.4 Å². The SMILES string of the molecule is COc1ccc(OC)c(Nc2[nH]nc3c2C(C)c2cc(OC)c(OC)cc2-3)c1. The van der Waals surface area contributed by atoms with Crippen LogP contribution in [0, 0.1) is 0 Å². The second-order valence-corrected chi connectivity index (χ2v) is 6.57. The van der Waals surface area contributed by atoms with Gasteiger partial charge in [-0.15, -0.1) is 0 Å². The van der Waals surface area contributed by atoms with Crippen LogP contribution in [0.25, 0.3) is 11.3 Å². The lowest BCUT2D eigenvalue weighted by Crippen LogP contribution is -2.00. The van der Waals surface area contributed by atoms with Crippen LogP contribution in [-0.2, 0) is 0 Å². The molecular formula is C21H23N3O4. The Kier molecular flexibility index (Phi) is 4.50. The molecule has 1 heterocycles. The summed E-state index contributed by atoms with van der Waals surface area (Å²) in [5.41, 5.74) is 5.00. The first-order chi connectivity index (χ1) is 13.6. The van der Waals surface area contributed by atoms with Gasteiger partial charge in [0.05, 0.1) is 39.8 Å². The molecule has 2 aromatic carbocycles. The zero-order valence-corrected chi connectivity index (χ0v) is 16.5. The molecule has 1 unspecified atom stereocenters. The van der Waals surface area contributed by atoms with E-state index in [4.69, 9.17) is 18.9 Å². The van der Waals surface area contributed by atoms with E-state index in [9.17, 15) is 0 Å². The maximum atomic E-state index is 5.48. The Morgan fingerprint density at radius 3 is 2.29 bits per heavy atom. The Morgan fingerprint density at radius 2 is 1.61 bits per heavy atom. The van der Waals surface area contributed by atoms with Crippen molar-refractivity contribution in [3.8, 4) is 34.3 Å². The molecule has 0 bridgehead atoms. The minimum atomic E-state index is 0.141. The van der Waals surface area contributed by atoms with Gasteiger partial charge in [-0.05, 0) is 29.8 Å². The lowest BCUT2D eigenvalue weighted by Gasteiger charge is -2.15. The smallest absolute Gasteiger partial charge is 0.161 e. The summed E-state index contributed by atoms with van der Waals surface area (Å²) in [6, 6.07) is 9.62. The highest BCUT2D eigenvalue weighted by atomic mass is 16.5. The zero-order valence-electron chi connectivity index (χ0n) is 16.5. The summed E-state index contributed by atoms with van der Waals surface area (Å²) >= 11 is 0. The van der Waals surface area contributed by atoms with Crippen molar-refractivity contribution in [2.75, 3.05) is 33.8 Å². The first-order valence-electron chi connectivity index (χ1n) is 8.94. The topological polar surface area (TPSA) is 77.6 Å². The predicted octanol–water partition coefficient (Wildman–Crippen LogP) is 4.32. The molecule has 7 heteroatoms. The summed E-state index contributed by atoms with van der Waals surface area (Å²) < 4.78 is 21.7. The Labute approximate surface area is 163 Å². The van der Waals surface area contributed by atoms with Crippen molar-refractivity contribution in [2.24, 2.45) is 0 Å². The molecule has 28 heavy (non-hydrogen) atoms. The third kappa shape index (κ3) is 2.70. The molecule has 0 radical (unpaired) electrons. The number of aromatic amines is 1. The van der Waals surface area contributed by atoms with E-state index in [1.807, 2.05) is 30.3 Å². The standard InChI is InChI=1S/C21H23N3O4/c1-11-13-9-17(27-4)18(28-5)10-14(13)20-19(11)21(24-23-20)22-15-8-12(25-2)6-7-16(15)26-3/h6-11H,1-5H3,(H2,22,23,24). The minimum absolute atomic E-state index is 0.141. The van der Waals surface area contributed by atoms with Crippen LogP contribution >= 0.6 is 0 Å². The fourth-order valence-electron chi connectivity index (χ4n) is 3.73. The molecule has 0 aliphatic heterocycles. The monoisotopic (exact) mass is 381 g/mol. The van der Waals surface area contributed by atoms with Gasteiger partial charge >= 0.3 is 0 Å². The molecule has 146 valence electrons. The van der Waals surface area contributed by atoms with Gasteiger partial charge in [0.2, 0.25) is 0 Å². The number of hydrogen-bond donors (Lipinski definition) is 2. The van der Waals surface area contributed by atoms with Crippen LogP contribution in [0.1, 0.15) is 24.0 Å². The molecule has 1 aliphatic carbocycles. The highest BCUT2D eigenvalue weighted by Gasteiger charge is 2.33. The molecule has 0 fully saturated rings. The van der Waals surface area contributed by atoms with Crippen molar-refractivity contribution in [1.29, 1.82) is 0 Å². The van der Waals surface area contributed by atoms with E-state index in [-0.39, 0.29) is 5.92 Å². The third-order valence-electron chi connectivity index (χ3n) is 5.18. The molecule has 2 N–H and O–H groups in total. The molecule has 3 aromatic rings. The summed E-state index contributed by atoms with van der Waals surface area (Å²) in [7, 11) is 6.56. The molecule has 0 saturated heterocycles. The Morgan fingerprint density at radius 1 is 0.893 bits per heavy atom. The Hall–Kier alpha value is -3.35. The largest absolute Gasteiger partial charge is 0.497 e. The number of fused-ring (bicyclic) bond motifs is 3. The van der Waals surface area contributed by atoms with Gasteiger partial charge in [-0.25, -0.2) is 0 Å². The van der Waals surface area contributed by atoms with Gasteiger partial charge in [0.25, 0.3) is 0 Å². The summed E-state index contributed by atoms with van der Waals surface area (Å²) in [6.07, 6.45) is 0. The normalized spacial score (nSPS) is 14.2. The van der Waals surface area contributed by atoms with Crippen LogP contribution in [0.2, 0.25) is 0 Å². The Bertz CT molecular complexity index is 1030. The van der Waals surface area contributed by atoms with Crippen LogP contribution in [0.3, 0.4) is 0 Å². The molecule has 1 aliphatic rings. The van der Waals surface area contributed by atoms with Crippen molar-refractivity contribution in [3.63, 3.8) is 0 Å². The van der Waals surface area contributed by atoms with Crippen LogP contribution in [-0.4, -0.2) is 38.6 Å². The number of H-pyrrole nitrogens is 1. The van der Waals surface area contributed by atoms with Crippen molar-refractivity contribution in [2.45, 2.75) is 12.8 Å². The highest BCUT2D eigenvalue weighted by molar-refractivity contribution is 5.84. The lowest BCUT2D eigenvalue weighted by atomic mass is 9.99. The number of methoxy groups -OCH3 is 4. The zero-order chi connectivity index (χ0) is 19.8.